The molecule has 1 aromatic heterocycles. The molecule has 1 unspecified atom stereocenters. The molecule has 0 radical (unpaired) electrons. The average Bonchev–Trinajstić information content (AvgIpc) is 2.41. The van der Waals surface area contributed by atoms with E-state index in [0.717, 1.165) is 0 Å². The number of aromatic nitrogens is 1. The molecule has 0 fully saturated rings. The molecule has 1 rings (SSSR count). The summed E-state index contributed by atoms with van der Waals surface area (Å²) in [5.41, 5.74) is 1.19. The molecular formula is C10H18N2S. The Kier molecular flexibility index (Phi) is 3.88. The van der Waals surface area contributed by atoms with Crippen molar-refractivity contribution in [2.75, 3.05) is 7.05 Å². The van der Waals surface area contributed by atoms with Gasteiger partial charge >= 0.3 is 0 Å². The van der Waals surface area contributed by atoms with E-state index in [9.17, 15) is 0 Å². The third kappa shape index (κ3) is 2.51. The van der Waals surface area contributed by atoms with E-state index in [4.69, 9.17) is 0 Å². The van der Waals surface area contributed by atoms with E-state index in [2.05, 4.69) is 31.1 Å². The minimum atomic E-state index is 0.496. The Morgan fingerprint density at radius 1 is 1.46 bits per heavy atom. The summed E-state index contributed by atoms with van der Waals surface area (Å²) in [5.74, 6) is 0. The summed E-state index contributed by atoms with van der Waals surface area (Å²) >= 11 is 1.81. The van der Waals surface area contributed by atoms with Crippen LogP contribution >= 0.6 is 11.3 Å². The van der Waals surface area contributed by atoms with Crippen LogP contribution in [0.2, 0.25) is 0 Å². The van der Waals surface area contributed by atoms with Crippen LogP contribution in [0.25, 0.3) is 0 Å². The van der Waals surface area contributed by atoms with Gasteiger partial charge in [0.05, 0.1) is 10.7 Å². The van der Waals surface area contributed by atoms with Gasteiger partial charge in [0, 0.05) is 10.9 Å². The highest BCUT2D eigenvalue weighted by atomic mass is 32.1. The molecule has 13 heavy (non-hydrogen) atoms. The van der Waals surface area contributed by atoms with Crippen LogP contribution in [-0.4, -0.2) is 12.0 Å². The fourth-order valence-electron chi connectivity index (χ4n) is 1.57. The van der Waals surface area contributed by atoms with E-state index in [-0.39, 0.29) is 0 Å². The summed E-state index contributed by atoms with van der Waals surface area (Å²) in [6.07, 6.45) is 2.40. The predicted octanol–water partition coefficient (Wildman–Crippen LogP) is 2.82. The maximum atomic E-state index is 4.44. The molecule has 0 bridgehead atoms. The minimum Gasteiger partial charge on any atom is -0.312 e. The molecule has 0 spiro atoms. The van der Waals surface area contributed by atoms with E-state index in [1.54, 1.807) is 0 Å². The first kappa shape index (κ1) is 10.7. The van der Waals surface area contributed by atoms with Gasteiger partial charge in [0.2, 0.25) is 0 Å². The summed E-state index contributed by atoms with van der Waals surface area (Å²) < 4.78 is 0. The molecule has 0 aliphatic heterocycles. The number of hydrogen-bond donors (Lipinski definition) is 1. The van der Waals surface area contributed by atoms with E-state index in [1.807, 2.05) is 18.4 Å². The second-order valence-corrected chi connectivity index (χ2v) is 4.55. The molecule has 0 saturated carbocycles. The number of nitrogens with one attached hydrogen (secondary N) is 1. The minimum absolute atomic E-state index is 0.496. The first-order chi connectivity index (χ1) is 6.19. The SMILES string of the molecule is CCCC(NC)c1sc(C)nc1C. The summed E-state index contributed by atoms with van der Waals surface area (Å²) in [6, 6.07) is 0.496. The fourth-order valence-corrected chi connectivity index (χ4v) is 2.64. The third-order valence-corrected chi connectivity index (χ3v) is 3.37. The second kappa shape index (κ2) is 4.72. The van der Waals surface area contributed by atoms with Crippen LogP contribution in [0.1, 0.15) is 41.4 Å². The lowest BCUT2D eigenvalue weighted by Gasteiger charge is -2.13. The van der Waals surface area contributed by atoms with Crippen LogP contribution in [0, 0.1) is 13.8 Å². The number of aryl methyl sites for hydroxylation is 2. The van der Waals surface area contributed by atoms with Gasteiger partial charge in [-0.05, 0) is 27.3 Å². The third-order valence-electron chi connectivity index (χ3n) is 2.18. The van der Waals surface area contributed by atoms with Crippen molar-refractivity contribution in [3.8, 4) is 0 Å². The maximum Gasteiger partial charge on any atom is 0.0900 e. The number of rotatable bonds is 4. The van der Waals surface area contributed by atoms with E-state index >= 15 is 0 Å². The van der Waals surface area contributed by atoms with Crippen molar-refractivity contribution in [3.05, 3.63) is 15.6 Å². The lowest BCUT2D eigenvalue weighted by Crippen LogP contribution is -2.15. The molecular weight excluding hydrogens is 180 g/mol. The summed E-state index contributed by atoms with van der Waals surface area (Å²) in [6.45, 7) is 6.38. The molecule has 0 aromatic carbocycles. The Labute approximate surface area is 84.4 Å². The molecule has 74 valence electrons. The highest BCUT2D eigenvalue weighted by Crippen LogP contribution is 2.27. The largest absolute Gasteiger partial charge is 0.312 e. The van der Waals surface area contributed by atoms with Crippen molar-refractivity contribution < 1.29 is 0 Å². The molecule has 1 aromatic rings. The Balaban J connectivity index is 2.83. The second-order valence-electron chi connectivity index (χ2n) is 3.31. The van der Waals surface area contributed by atoms with Crippen molar-refractivity contribution >= 4 is 11.3 Å². The molecule has 1 heterocycles. The van der Waals surface area contributed by atoms with Gasteiger partial charge in [-0.2, -0.15) is 0 Å². The quantitative estimate of drug-likeness (QED) is 0.804. The highest BCUT2D eigenvalue weighted by molar-refractivity contribution is 7.11. The lowest BCUT2D eigenvalue weighted by molar-refractivity contribution is 0.546. The van der Waals surface area contributed by atoms with Crippen LogP contribution in [0.15, 0.2) is 0 Å². The number of thiazole rings is 1. The summed E-state index contributed by atoms with van der Waals surface area (Å²) in [7, 11) is 2.02. The van der Waals surface area contributed by atoms with Crippen LogP contribution in [-0.2, 0) is 0 Å². The zero-order valence-electron chi connectivity index (χ0n) is 8.85. The van der Waals surface area contributed by atoms with Crippen LogP contribution in [0.3, 0.4) is 0 Å². The molecule has 1 atom stereocenters. The first-order valence-corrected chi connectivity index (χ1v) is 5.61. The Hall–Kier alpha value is -0.410. The lowest BCUT2D eigenvalue weighted by atomic mass is 10.1. The highest BCUT2D eigenvalue weighted by Gasteiger charge is 2.14. The van der Waals surface area contributed by atoms with Gasteiger partial charge in [0.1, 0.15) is 0 Å². The van der Waals surface area contributed by atoms with Crippen molar-refractivity contribution in [1.29, 1.82) is 0 Å². The molecule has 1 N–H and O–H groups in total. The Bertz CT molecular complexity index is 268. The Morgan fingerprint density at radius 3 is 2.54 bits per heavy atom. The molecule has 3 heteroatoms. The maximum absolute atomic E-state index is 4.44. The van der Waals surface area contributed by atoms with Gasteiger partial charge in [0.15, 0.2) is 0 Å². The smallest absolute Gasteiger partial charge is 0.0900 e. The Morgan fingerprint density at radius 2 is 2.15 bits per heavy atom. The van der Waals surface area contributed by atoms with Crippen LogP contribution in [0.5, 0.6) is 0 Å². The molecule has 0 aliphatic rings. The zero-order valence-corrected chi connectivity index (χ0v) is 9.66. The normalized spacial score (nSPS) is 13.2. The standard InChI is InChI=1S/C10H18N2S/c1-5-6-9(11-4)10-7(2)12-8(3)13-10/h9,11H,5-6H2,1-4H3. The van der Waals surface area contributed by atoms with Gasteiger partial charge in [-0.15, -0.1) is 11.3 Å². The summed E-state index contributed by atoms with van der Waals surface area (Å²) in [4.78, 5) is 5.85. The molecule has 2 nitrogen and oxygen atoms in total. The van der Waals surface area contributed by atoms with Crippen LogP contribution < -0.4 is 5.32 Å². The topological polar surface area (TPSA) is 24.9 Å². The van der Waals surface area contributed by atoms with Gasteiger partial charge < -0.3 is 5.32 Å². The average molecular weight is 198 g/mol. The van der Waals surface area contributed by atoms with E-state index in [1.165, 1.54) is 28.4 Å². The number of hydrogen-bond acceptors (Lipinski definition) is 3. The van der Waals surface area contributed by atoms with E-state index in [0.29, 0.717) is 6.04 Å². The van der Waals surface area contributed by atoms with Gasteiger partial charge in [-0.3, -0.25) is 0 Å². The van der Waals surface area contributed by atoms with Gasteiger partial charge in [-0.25, -0.2) is 4.98 Å². The predicted molar refractivity (Wildman–Crippen MR) is 58.3 cm³/mol. The molecule has 0 amide bonds. The van der Waals surface area contributed by atoms with Crippen molar-refractivity contribution in [3.63, 3.8) is 0 Å². The monoisotopic (exact) mass is 198 g/mol. The first-order valence-electron chi connectivity index (χ1n) is 4.80. The summed E-state index contributed by atoms with van der Waals surface area (Å²) in [5, 5.41) is 4.51. The van der Waals surface area contributed by atoms with Crippen molar-refractivity contribution in [1.82, 2.24) is 10.3 Å². The number of nitrogens with zero attached hydrogens (tertiary/aromatic N) is 1. The fraction of sp³-hybridized carbons (Fsp3) is 0.700. The van der Waals surface area contributed by atoms with Crippen molar-refractivity contribution in [2.24, 2.45) is 0 Å². The van der Waals surface area contributed by atoms with Gasteiger partial charge in [0.25, 0.3) is 0 Å². The van der Waals surface area contributed by atoms with E-state index < -0.39 is 0 Å². The molecule has 0 saturated heterocycles. The van der Waals surface area contributed by atoms with Gasteiger partial charge in [-0.1, -0.05) is 13.3 Å². The van der Waals surface area contributed by atoms with Crippen LogP contribution in [0.4, 0.5) is 0 Å². The van der Waals surface area contributed by atoms with Crippen molar-refractivity contribution in [2.45, 2.75) is 39.7 Å². The molecule has 0 aliphatic carbocycles. The zero-order chi connectivity index (χ0) is 9.84.